The van der Waals surface area contributed by atoms with E-state index in [9.17, 15) is 0 Å². The standard InChI is InChI=1S/C13H17N3O/c1-16-7-2-3-12(16)5-8-17-13-4-6-15-11(9-13)10-14/h4,6,9,12H,2-3,5,7-8H2,1H3. The van der Waals surface area contributed by atoms with E-state index < -0.39 is 0 Å². The van der Waals surface area contributed by atoms with Crippen LogP contribution in [-0.4, -0.2) is 36.1 Å². The molecule has 0 aromatic carbocycles. The fourth-order valence-electron chi connectivity index (χ4n) is 2.22. The van der Waals surface area contributed by atoms with Crippen molar-refractivity contribution in [2.24, 2.45) is 0 Å². The zero-order chi connectivity index (χ0) is 12.1. The SMILES string of the molecule is CN1CCCC1CCOc1ccnc(C#N)c1. The first-order valence-corrected chi connectivity index (χ1v) is 5.99. The van der Waals surface area contributed by atoms with Gasteiger partial charge in [0.25, 0.3) is 0 Å². The Morgan fingerprint density at radius 1 is 1.65 bits per heavy atom. The Hall–Kier alpha value is -1.60. The van der Waals surface area contributed by atoms with Crippen LogP contribution in [-0.2, 0) is 0 Å². The largest absolute Gasteiger partial charge is 0.493 e. The van der Waals surface area contributed by atoms with Crippen LogP contribution in [0.4, 0.5) is 0 Å². The number of aromatic nitrogens is 1. The second-order valence-corrected chi connectivity index (χ2v) is 4.40. The van der Waals surface area contributed by atoms with Crippen LogP contribution in [0.25, 0.3) is 0 Å². The first-order valence-electron chi connectivity index (χ1n) is 5.99. The molecule has 17 heavy (non-hydrogen) atoms. The molecule has 2 heterocycles. The molecular formula is C13H17N3O. The van der Waals surface area contributed by atoms with Gasteiger partial charge in [0, 0.05) is 18.3 Å². The molecule has 1 aromatic heterocycles. The van der Waals surface area contributed by atoms with E-state index in [1.807, 2.05) is 6.07 Å². The van der Waals surface area contributed by atoms with Crippen molar-refractivity contribution in [3.05, 3.63) is 24.0 Å². The van der Waals surface area contributed by atoms with E-state index in [2.05, 4.69) is 16.9 Å². The number of hydrogen-bond acceptors (Lipinski definition) is 4. The molecule has 1 saturated heterocycles. The minimum absolute atomic E-state index is 0.403. The van der Waals surface area contributed by atoms with Crippen LogP contribution in [0.15, 0.2) is 18.3 Å². The van der Waals surface area contributed by atoms with Crippen LogP contribution < -0.4 is 4.74 Å². The van der Waals surface area contributed by atoms with Crippen LogP contribution in [0.2, 0.25) is 0 Å². The van der Waals surface area contributed by atoms with E-state index in [1.54, 1.807) is 18.3 Å². The van der Waals surface area contributed by atoms with Gasteiger partial charge in [-0.2, -0.15) is 5.26 Å². The first-order chi connectivity index (χ1) is 8.29. The average Bonchev–Trinajstić information content (AvgIpc) is 2.76. The summed E-state index contributed by atoms with van der Waals surface area (Å²) in [6, 6.07) is 6.12. The lowest BCUT2D eigenvalue weighted by Gasteiger charge is -2.19. The van der Waals surface area contributed by atoms with Gasteiger partial charge in [0.1, 0.15) is 17.5 Å². The summed E-state index contributed by atoms with van der Waals surface area (Å²) in [5.74, 6) is 0.734. The van der Waals surface area contributed by atoms with Crippen molar-refractivity contribution < 1.29 is 4.74 Å². The van der Waals surface area contributed by atoms with Gasteiger partial charge in [-0.05, 0) is 38.9 Å². The van der Waals surface area contributed by atoms with Crippen molar-refractivity contribution >= 4 is 0 Å². The molecule has 1 fully saturated rings. The van der Waals surface area contributed by atoms with E-state index in [0.29, 0.717) is 18.3 Å². The highest BCUT2D eigenvalue weighted by molar-refractivity contribution is 5.29. The molecule has 1 atom stereocenters. The maximum absolute atomic E-state index is 8.72. The molecule has 0 radical (unpaired) electrons. The lowest BCUT2D eigenvalue weighted by atomic mass is 10.1. The molecule has 0 bridgehead atoms. The average molecular weight is 231 g/mol. The summed E-state index contributed by atoms with van der Waals surface area (Å²) in [5.41, 5.74) is 0.403. The molecule has 1 unspecified atom stereocenters. The molecule has 0 aliphatic carbocycles. The van der Waals surface area contributed by atoms with Gasteiger partial charge in [0.05, 0.1) is 6.61 Å². The van der Waals surface area contributed by atoms with Gasteiger partial charge >= 0.3 is 0 Å². The summed E-state index contributed by atoms with van der Waals surface area (Å²) in [6.45, 7) is 1.89. The Morgan fingerprint density at radius 2 is 2.53 bits per heavy atom. The van der Waals surface area contributed by atoms with E-state index in [1.165, 1.54) is 19.4 Å². The number of ether oxygens (including phenoxy) is 1. The summed E-state index contributed by atoms with van der Waals surface area (Å²) >= 11 is 0. The third-order valence-corrected chi connectivity index (χ3v) is 3.24. The molecule has 4 nitrogen and oxygen atoms in total. The maximum atomic E-state index is 8.72. The number of nitrogens with zero attached hydrogens (tertiary/aromatic N) is 3. The molecule has 90 valence electrons. The summed E-state index contributed by atoms with van der Waals surface area (Å²) in [6.07, 6.45) is 5.20. The van der Waals surface area contributed by atoms with E-state index in [4.69, 9.17) is 10.00 Å². The van der Waals surface area contributed by atoms with Crippen molar-refractivity contribution in [1.82, 2.24) is 9.88 Å². The number of rotatable bonds is 4. The predicted octanol–water partition coefficient (Wildman–Crippen LogP) is 1.82. The summed E-state index contributed by atoms with van der Waals surface area (Å²) in [4.78, 5) is 6.29. The van der Waals surface area contributed by atoms with Gasteiger partial charge in [-0.25, -0.2) is 4.98 Å². The van der Waals surface area contributed by atoms with Gasteiger partial charge in [-0.3, -0.25) is 0 Å². The Kier molecular flexibility index (Phi) is 3.94. The Morgan fingerprint density at radius 3 is 3.24 bits per heavy atom. The zero-order valence-electron chi connectivity index (χ0n) is 10.1. The number of likely N-dealkylation sites (tertiary alicyclic amines) is 1. The van der Waals surface area contributed by atoms with Crippen molar-refractivity contribution in [2.75, 3.05) is 20.2 Å². The second kappa shape index (κ2) is 5.65. The molecule has 0 amide bonds. The van der Waals surface area contributed by atoms with Gasteiger partial charge in [0.15, 0.2) is 0 Å². The third-order valence-electron chi connectivity index (χ3n) is 3.24. The van der Waals surface area contributed by atoms with E-state index in [-0.39, 0.29) is 0 Å². The fraction of sp³-hybridized carbons (Fsp3) is 0.538. The van der Waals surface area contributed by atoms with Gasteiger partial charge < -0.3 is 9.64 Å². The molecule has 4 heteroatoms. The first kappa shape index (κ1) is 11.9. The summed E-state index contributed by atoms with van der Waals surface area (Å²) in [5, 5.41) is 8.72. The monoisotopic (exact) mass is 231 g/mol. The topological polar surface area (TPSA) is 49.1 Å². The minimum Gasteiger partial charge on any atom is -0.493 e. The summed E-state index contributed by atoms with van der Waals surface area (Å²) in [7, 11) is 2.16. The third kappa shape index (κ3) is 3.18. The van der Waals surface area contributed by atoms with Crippen LogP contribution in [0.5, 0.6) is 5.75 Å². The van der Waals surface area contributed by atoms with Gasteiger partial charge in [-0.1, -0.05) is 0 Å². The highest BCUT2D eigenvalue weighted by Crippen LogP contribution is 2.18. The molecule has 1 aliphatic heterocycles. The van der Waals surface area contributed by atoms with Crippen LogP contribution in [0.3, 0.4) is 0 Å². The molecule has 1 aliphatic rings. The minimum atomic E-state index is 0.403. The Labute approximate surface area is 102 Å². The van der Waals surface area contributed by atoms with E-state index >= 15 is 0 Å². The number of hydrogen-bond donors (Lipinski definition) is 0. The van der Waals surface area contributed by atoms with Crippen molar-refractivity contribution in [1.29, 1.82) is 5.26 Å². The van der Waals surface area contributed by atoms with Crippen LogP contribution in [0, 0.1) is 11.3 Å². The van der Waals surface area contributed by atoms with E-state index in [0.717, 1.165) is 12.2 Å². The van der Waals surface area contributed by atoms with Gasteiger partial charge in [-0.15, -0.1) is 0 Å². The second-order valence-electron chi connectivity index (χ2n) is 4.40. The zero-order valence-corrected chi connectivity index (χ0v) is 10.1. The van der Waals surface area contributed by atoms with Gasteiger partial charge in [0.2, 0.25) is 0 Å². The summed E-state index contributed by atoms with van der Waals surface area (Å²) < 4.78 is 5.64. The number of nitriles is 1. The number of pyridine rings is 1. The fourth-order valence-corrected chi connectivity index (χ4v) is 2.22. The molecule has 0 spiro atoms. The molecule has 0 saturated carbocycles. The lowest BCUT2D eigenvalue weighted by molar-refractivity contribution is 0.233. The predicted molar refractivity (Wildman–Crippen MR) is 64.7 cm³/mol. The Balaban J connectivity index is 1.80. The molecule has 1 aromatic rings. The molecule has 2 rings (SSSR count). The quantitative estimate of drug-likeness (QED) is 0.793. The Bertz CT molecular complexity index is 413. The van der Waals surface area contributed by atoms with Crippen molar-refractivity contribution in [3.8, 4) is 11.8 Å². The van der Waals surface area contributed by atoms with Crippen LogP contribution >= 0.6 is 0 Å². The normalized spacial score (nSPS) is 20.1. The highest BCUT2D eigenvalue weighted by atomic mass is 16.5. The molecular weight excluding hydrogens is 214 g/mol. The van der Waals surface area contributed by atoms with Crippen molar-refractivity contribution in [2.45, 2.75) is 25.3 Å². The van der Waals surface area contributed by atoms with Crippen LogP contribution in [0.1, 0.15) is 25.0 Å². The highest BCUT2D eigenvalue weighted by Gasteiger charge is 2.20. The smallest absolute Gasteiger partial charge is 0.144 e. The molecule has 0 N–H and O–H groups in total. The maximum Gasteiger partial charge on any atom is 0.144 e. The lowest BCUT2D eigenvalue weighted by Crippen LogP contribution is -2.26. The van der Waals surface area contributed by atoms with Crippen molar-refractivity contribution in [3.63, 3.8) is 0 Å².